The highest BCUT2D eigenvalue weighted by Crippen LogP contribution is 2.37. The number of phenols is 2. The molecule has 3 aromatic rings. The van der Waals surface area contributed by atoms with Gasteiger partial charge in [-0.2, -0.15) is 0 Å². The average Bonchev–Trinajstić information content (AvgIpc) is 2.63. The largest absolute Gasteiger partial charge is 0.506 e. The summed E-state index contributed by atoms with van der Waals surface area (Å²) in [5.74, 6) is -0.649. The summed E-state index contributed by atoms with van der Waals surface area (Å²) in [6.07, 6.45) is 0. The molecule has 0 aromatic heterocycles. The lowest BCUT2D eigenvalue weighted by atomic mass is 10.0. The fourth-order valence-corrected chi connectivity index (χ4v) is 2.47. The van der Waals surface area contributed by atoms with Gasteiger partial charge in [-0.05, 0) is 17.7 Å². The minimum absolute atomic E-state index is 0.104. The maximum Gasteiger partial charge on any atom is 0.196 e. The summed E-state index contributed by atoms with van der Waals surface area (Å²) >= 11 is 0. The Labute approximate surface area is 140 Å². The second-order valence-corrected chi connectivity index (χ2v) is 5.39. The molecule has 3 rings (SSSR count). The molecule has 0 fully saturated rings. The van der Waals surface area contributed by atoms with Gasteiger partial charge in [0.15, 0.2) is 11.5 Å². The first-order chi connectivity index (χ1) is 11.7. The van der Waals surface area contributed by atoms with Crippen molar-refractivity contribution >= 4 is 11.5 Å². The molecule has 0 saturated carbocycles. The van der Waals surface area contributed by atoms with E-state index in [1.807, 2.05) is 36.4 Å². The van der Waals surface area contributed by atoms with Crippen LogP contribution in [0.2, 0.25) is 0 Å². The van der Waals surface area contributed by atoms with Crippen molar-refractivity contribution in [3.8, 4) is 11.5 Å². The zero-order chi connectivity index (χ0) is 16.9. The molecule has 0 radical (unpaired) electrons. The van der Waals surface area contributed by atoms with Crippen molar-refractivity contribution in [3.63, 3.8) is 0 Å². The van der Waals surface area contributed by atoms with Crippen molar-refractivity contribution in [3.05, 3.63) is 89.5 Å². The molecule has 0 aliphatic heterocycles. The fourth-order valence-electron chi connectivity index (χ4n) is 2.47. The second-order valence-electron chi connectivity index (χ2n) is 5.39. The van der Waals surface area contributed by atoms with E-state index in [0.29, 0.717) is 12.1 Å². The van der Waals surface area contributed by atoms with Gasteiger partial charge in [0, 0.05) is 12.1 Å². The Kier molecular flexibility index (Phi) is 4.47. The number of carbonyl (C=O) groups is 1. The van der Waals surface area contributed by atoms with Crippen molar-refractivity contribution in [1.29, 1.82) is 0 Å². The SMILES string of the molecule is O=C(c1ccccc1)c1ccc(O)c(NCc2ccccc2)c1O. The van der Waals surface area contributed by atoms with Crippen LogP contribution < -0.4 is 5.32 Å². The maximum atomic E-state index is 12.5. The smallest absolute Gasteiger partial charge is 0.196 e. The number of anilines is 1. The third-order valence-electron chi connectivity index (χ3n) is 3.75. The zero-order valence-electron chi connectivity index (χ0n) is 12.9. The average molecular weight is 319 g/mol. The number of phenolic OH excluding ortho intramolecular Hbond substituents is 2. The molecule has 0 aliphatic carbocycles. The molecule has 0 amide bonds. The molecule has 24 heavy (non-hydrogen) atoms. The normalized spacial score (nSPS) is 10.3. The van der Waals surface area contributed by atoms with E-state index >= 15 is 0 Å². The molecule has 120 valence electrons. The molecule has 0 heterocycles. The topological polar surface area (TPSA) is 69.6 Å². The third-order valence-corrected chi connectivity index (χ3v) is 3.75. The van der Waals surface area contributed by atoms with Gasteiger partial charge in [0.05, 0.1) is 5.56 Å². The van der Waals surface area contributed by atoms with Gasteiger partial charge >= 0.3 is 0 Å². The standard InChI is InChI=1S/C20H17NO3/c22-17-12-11-16(19(23)15-9-5-2-6-10-15)20(24)18(17)21-13-14-7-3-1-4-8-14/h1-12,21-22,24H,13H2. The van der Waals surface area contributed by atoms with Crippen molar-refractivity contribution < 1.29 is 15.0 Å². The van der Waals surface area contributed by atoms with Gasteiger partial charge in [-0.1, -0.05) is 60.7 Å². The minimum Gasteiger partial charge on any atom is -0.506 e. The number of ketones is 1. The summed E-state index contributed by atoms with van der Waals surface area (Å²) in [5, 5.41) is 23.4. The predicted molar refractivity (Wildman–Crippen MR) is 93.4 cm³/mol. The number of rotatable bonds is 5. The van der Waals surface area contributed by atoms with E-state index in [0.717, 1.165) is 5.56 Å². The van der Waals surface area contributed by atoms with Gasteiger partial charge in [0.25, 0.3) is 0 Å². The van der Waals surface area contributed by atoms with Crippen molar-refractivity contribution in [2.45, 2.75) is 6.54 Å². The summed E-state index contributed by atoms with van der Waals surface area (Å²) in [6.45, 7) is 0.422. The van der Waals surface area contributed by atoms with Crippen LogP contribution in [0.15, 0.2) is 72.8 Å². The molecule has 3 aromatic carbocycles. The molecule has 0 unspecified atom stereocenters. The highest BCUT2D eigenvalue weighted by Gasteiger charge is 2.18. The number of benzene rings is 3. The van der Waals surface area contributed by atoms with Crippen LogP contribution in [0.25, 0.3) is 0 Å². The van der Waals surface area contributed by atoms with Gasteiger partial charge in [-0.25, -0.2) is 0 Å². The molecule has 3 N–H and O–H groups in total. The Balaban J connectivity index is 1.89. The van der Waals surface area contributed by atoms with Crippen LogP contribution in [0, 0.1) is 0 Å². The van der Waals surface area contributed by atoms with Crippen molar-refractivity contribution in [1.82, 2.24) is 0 Å². The van der Waals surface area contributed by atoms with Crippen LogP contribution in [0.5, 0.6) is 11.5 Å². The van der Waals surface area contributed by atoms with Crippen molar-refractivity contribution in [2.24, 2.45) is 0 Å². The number of hydrogen-bond donors (Lipinski definition) is 3. The van der Waals surface area contributed by atoms with Crippen LogP contribution in [0.1, 0.15) is 21.5 Å². The number of aromatic hydroxyl groups is 2. The quantitative estimate of drug-likeness (QED) is 0.492. The molecule has 0 atom stereocenters. The zero-order valence-corrected chi connectivity index (χ0v) is 12.9. The molecule has 0 bridgehead atoms. The number of nitrogens with one attached hydrogen (secondary N) is 1. The Hall–Kier alpha value is -3.27. The van der Waals surface area contributed by atoms with Crippen LogP contribution in [0.4, 0.5) is 5.69 Å². The van der Waals surface area contributed by atoms with Crippen LogP contribution in [0.3, 0.4) is 0 Å². The molecule has 4 heteroatoms. The maximum absolute atomic E-state index is 12.5. The van der Waals surface area contributed by atoms with Gasteiger partial charge in [0.1, 0.15) is 11.4 Å². The van der Waals surface area contributed by atoms with E-state index < -0.39 is 0 Å². The first-order valence-electron chi connectivity index (χ1n) is 7.59. The summed E-state index contributed by atoms with van der Waals surface area (Å²) < 4.78 is 0. The summed E-state index contributed by atoms with van der Waals surface area (Å²) in [5.41, 5.74) is 1.78. The number of carbonyl (C=O) groups excluding carboxylic acids is 1. The fraction of sp³-hybridized carbons (Fsp3) is 0.0500. The minimum atomic E-state index is -0.295. The summed E-state index contributed by atoms with van der Waals surface area (Å²) in [7, 11) is 0. The second kappa shape index (κ2) is 6.87. The first kappa shape index (κ1) is 15.6. The van der Waals surface area contributed by atoms with E-state index in [2.05, 4.69) is 5.32 Å². The Morgan fingerprint density at radius 2 is 1.46 bits per heavy atom. The molecule has 0 saturated heterocycles. The lowest BCUT2D eigenvalue weighted by molar-refractivity contribution is 0.103. The lowest BCUT2D eigenvalue weighted by Crippen LogP contribution is -2.05. The Morgan fingerprint density at radius 3 is 2.12 bits per heavy atom. The van der Waals surface area contributed by atoms with E-state index in [1.54, 1.807) is 24.3 Å². The van der Waals surface area contributed by atoms with E-state index in [1.165, 1.54) is 12.1 Å². The molecule has 4 nitrogen and oxygen atoms in total. The van der Waals surface area contributed by atoms with E-state index in [4.69, 9.17) is 0 Å². The highest BCUT2D eigenvalue weighted by atomic mass is 16.3. The van der Waals surface area contributed by atoms with Crippen molar-refractivity contribution in [2.75, 3.05) is 5.32 Å². The van der Waals surface area contributed by atoms with Gasteiger partial charge < -0.3 is 15.5 Å². The molecular weight excluding hydrogens is 302 g/mol. The predicted octanol–water partition coefficient (Wildman–Crippen LogP) is 3.94. The highest BCUT2D eigenvalue weighted by molar-refractivity contribution is 6.11. The molecule has 0 aliphatic rings. The van der Waals surface area contributed by atoms with Gasteiger partial charge in [0.2, 0.25) is 0 Å². The van der Waals surface area contributed by atoms with E-state index in [-0.39, 0.29) is 28.5 Å². The third kappa shape index (κ3) is 3.22. The Morgan fingerprint density at radius 1 is 0.833 bits per heavy atom. The monoisotopic (exact) mass is 319 g/mol. The first-order valence-corrected chi connectivity index (χ1v) is 7.59. The van der Waals surface area contributed by atoms with Gasteiger partial charge in [-0.3, -0.25) is 4.79 Å². The lowest BCUT2D eigenvalue weighted by Gasteiger charge is -2.13. The van der Waals surface area contributed by atoms with Crippen LogP contribution >= 0.6 is 0 Å². The van der Waals surface area contributed by atoms with Gasteiger partial charge in [-0.15, -0.1) is 0 Å². The van der Waals surface area contributed by atoms with E-state index in [9.17, 15) is 15.0 Å². The summed E-state index contributed by atoms with van der Waals surface area (Å²) in [4.78, 5) is 12.5. The number of hydrogen-bond acceptors (Lipinski definition) is 4. The summed E-state index contributed by atoms with van der Waals surface area (Å²) in [6, 6.07) is 21.1. The van der Waals surface area contributed by atoms with Crippen LogP contribution in [-0.4, -0.2) is 16.0 Å². The molecular formula is C20H17NO3. The Bertz CT molecular complexity index is 846. The van der Waals surface area contributed by atoms with Crippen LogP contribution in [-0.2, 0) is 6.54 Å². The molecule has 0 spiro atoms.